The van der Waals surface area contributed by atoms with Crippen molar-refractivity contribution >= 4 is 39.5 Å². The van der Waals surface area contributed by atoms with Gasteiger partial charge in [0.25, 0.3) is 5.91 Å². The van der Waals surface area contributed by atoms with E-state index in [1.807, 2.05) is 36.4 Å². The van der Waals surface area contributed by atoms with E-state index in [9.17, 15) is 4.79 Å². The summed E-state index contributed by atoms with van der Waals surface area (Å²) in [4.78, 5) is 19.7. The van der Waals surface area contributed by atoms with Crippen molar-refractivity contribution in [3.8, 4) is 5.75 Å². The highest BCUT2D eigenvalue weighted by Gasteiger charge is 2.21. The Kier molecular flexibility index (Phi) is 6.20. The molecule has 1 aliphatic heterocycles. The van der Waals surface area contributed by atoms with E-state index in [2.05, 4.69) is 27.3 Å². The molecule has 1 fully saturated rings. The molecular formula is C26H26ClN3O3. The zero-order chi connectivity index (χ0) is 22.8. The second-order valence-electron chi connectivity index (χ2n) is 8.61. The van der Waals surface area contributed by atoms with Crippen LogP contribution in [0.1, 0.15) is 29.0 Å². The van der Waals surface area contributed by atoms with Crippen LogP contribution in [-0.2, 0) is 6.54 Å². The molecule has 33 heavy (non-hydrogen) atoms. The van der Waals surface area contributed by atoms with Gasteiger partial charge in [0.1, 0.15) is 5.75 Å². The van der Waals surface area contributed by atoms with E-state index in [4.69, 9.17) is 20.8 Å². The number of nitrogens with one attached hydrogen (secondary N) is 1. The third kappa shape index (κ3) is 4.97. The minimum Gasteiger partial charge on any atom is -0.497 e. The van der Waals surface area contributed by atoms with Crippen LogP contribution in [0.2, 0.25) is 5.02 Å². The summed E-state index contributed by atoms with van der Waals surface area (Å²) < 4.78 is 11.0. The first-order valence-electron chi connectivity index (χ1n) is 11.2. The molecule has 1 N–H and O–H groups in total. The highest BCUT2D eigenvalue weighted by Crippen LogP contribution is 2.26. The zero-order valence-electron chi connectivity index (χ0n) is 18.5. The van der Waals surface area contributed by atoms with Gasteiger partial charge in [0.15, 0.2) is 5.76 Å². The van der Waals surface area contributed by atoms with Crippen LogP contribution in [0.15, 0.2) is 59.0 Å². The lowest BCUT2D eigenvalue weighted by Crippen LogP contribution is -2.38. The van der Waals surface area contributed by atoms with Crippen molar-refractivity contribution in [2.75, 3.05) is 26.7 Å². The first-order valence-corrected chi connectivity index (χ1v) is 11.6. The Balaban J connectivity index is 1.16. The van der Waals surface area contributed by atoms with E-state index in [0.717, 1.165) is 59.5 Å². The maximum Gasteiger partial charge on any atom is 0.287 e. The summed E-state index contributed by atoms with van der Waals surface area (Å²) >= 11 is 5.97. The van der Waals surface area contributed by atoms with E-state index in [0.29, 0.717) is 23.9 Å². The summed E-state index contributed by atoms with van der Waals surface area (Å²) in [5.41, 5.74) is 2.54. The lowest BCUT2D eigenvalue weighted by molar-refractivity contribution is 0.0909. The molecule has 0 radical (unpaired) electrons. The molecular weight excluding hydrogens is 438 g/mol. The van der Waals surface area contributed by atoms with Gasteiger partial charge in [-0.05, 0) is 79.9 Å². The first kappa shape index (κ1) is 21.7. The average Bonchev–Trinajstić information content (AvgIpc) is 3.26. The fourth-order valence-electron chi connectivity index (χ4n) is 4.37. The summed E-state index contributed by atoms with van der Waals surface area (Å²) in [6.07, 6.45) is 2.12. The Morgan fingerprint density at radius 1 is 1.12 bits per heavy atom. The van der Waals surface area contributed by atoms with Gasteiger partial charge in [-0.3, -0.25) is 9.69 Å². The number of carbonyl (C=O) groups is 1. The molecule has 1 amide bonds. The number of piperidine rings is 1. The number of hydrogen-bond acceptors (Lipinski definition) is 5. The predicted octanol–water partition coefficient (Wildman–Crippen LogP) is 5.29. The normalized spacial score (nSPS) is 15.2. The highest BCUT2D eigenvalue weighted by atomic mass is 35.5. The standard InChI is InChI=1S/C26H26ClN3O3/c1-32-22-6-7-23-19(13-22)12-20-14-24(33-26(20)29-23)25(31)28-15-17-8-10-30(11-9-17)16-18-2-4-21(27)5-3-18/h2-7,12-14,17H,8-11,15-16H2,1H3,(H,28,31). The summed E-state index contributed by atoms with van der Waals surface area (Å²) in [6.45, 7) is 3.63. The smallest absolute Gasteiger partial charge is 0.287 e. The van der Waals surface area contributed by atoms with Gasteiger partial charge in [-0.1, -0.05) is 23.7 Å². The molecule has 0 unspecified atom stereocenters. The summed E-state index contributed by atoms with van der Waals surface area (Å²) in [5, 5.41) is 5.56. The lowest BCUT2D eigenvalue weighted by atomic mass is 9.96. The molecule has 5 rings (SSSR count). The van der Waals surface area contributed by atoms with Crippen LogP contribution < -0.4 is 10.1 Å². The SMILES string of the molecule is COc1ccc2nc3oc(C(=O)NCC4CCN(Cc5ccc(Cl)cc5)CC4)cc3cc2c1. The number of pyridine rings is 1. The van der Waals surface area contributed by atoms with Crippen LogP contribution >= 0.6 is 11.6 Å². The molecule has 4 aromatic rings. The third-order valence-corrected chi connectivity index (χ3v) is 6.56. The predicted molar refractivity (Wildman–Crippen MR) is 130 cm³/mol. The van der Waals surface area contributed by atoms with Crippen LogP contribution in [0.3, 0.4) is 0 Å². The molecule has 0 bridgehead atoms. The number of amides is 1. The van der Waals surface area contributed by atoms with Crippen molar-refractivity contribution in [2.45, 2.75) is 19.4 Å². The van der Waals surface area contributed by atoms with Crippen molar-refractivity contribution in [1.29, 1.82) is 0 Å². The van der Waals surface area contributed by atoms with Crippen LogP contribution in [0, 0.1) is 5.92 Å². The van der Waals surface area contributed by atoms with Crippen LogP contribution in [0.5, 0.6) is 5.75 Å². The van der Waals surface area contributed by atoms with Crippen molar-refractivity contribution in [3.05, 3.63) is 70.9 Å². The van der Waals surface area contributed by atoms with Gasteiger partial charge in [0.05, 0.1) is 12.6 Å². The number of rotatable bonds is 6. The minimum atomic E-state index is -0.196. The van der Waals surface area contributed by atoms with Crippen molar-refractivity contribution < 1.29 is 13.9 Å². The Morgan fingerprint density at radius 3 is 2.67 bits per heavy atom. The topological polar surface area (TPSA) is 67.6 Å². The molecule has 1 aliphatic rings. The van der Waals surface area contributed by atoms with Crippen molar-refractivity contribution in [1.82, 2.24) is 15.2 Å². The summed E-state index contributed by atoms with van der Waals surface area (Å²) in [6, 6.07) is 17.4. The second kappa shape index (κ2) is 9.41. The van der Waals surface area contributed by atoms with E-state index in [1.54, 1.807) is 13.2 Å². The molecule has 0 atom stereocenters. The number of aromatic nitrogens is 1. The molecule has 6 nitrogen and oxygen atoms in total. The summed E-state index contributed by atoms with van der Waals surface area (Å²) in [5.74, 6) is 1.33. The van der Waals surface area contributed by atoms with Crippen molar-refractivity contribution in [2.24, 2.45) is 5.92 Å². The maximum atomic E-state index is 12.7. The van der Waals surface area contributed by atoms with E-state index in [1.165, 1.54) is 5.56 Å². The second-order valence-corrected chi connectivity index (χ2v) is 9.04. The third-order valence-electron chi connectivity index (χ3n) is 6.31. The molecule has 170 valence electrons. The molecule has 1 saturated heterocycles. The fraction of sp³-hybridized carbons (Fsp3) is 0.308. The molecule has 3 heterocycles. The Bertz CT molecular complexity index is 1280. The maximum absolute atomic E-state index is 12.7. The molecule has 0 saturated carbocycles. The molecule has 7 heteroatoms. The summed E-state index contributed by atoms with van der Waals surface area (Å²) in [7, 11) is 1.64. The Labute approximate surface area is 197 Å². The fourth-order valence-corrected chi connectivity index (χ4v) is 4.50. The van der Waals surface area contributed by atoms with Gasteiger partial charge in [-0.15, -0.1) is 0 Å². The number of halogens is 1. The number of carbonyl (C=O) groups excluding carboxylic acids is 1. The zero-order valence-corrected chi connectivity index (χ0v) is 19.3. The van der Waals surface area contributed by atoms with Gasteiger partial charge in [-0.25, -0.2) is 4.98 Å². The highest BCUT2D eigenvalue weighted by molar-refractivity contribution is 6.30. The van der Waals surface area contributed by atoms with E-state index in [-0.39, 0.29) is 5.91 Å². The monoisotopic (exact) mass is 463 g/mol. The minimum absolute atomic E-state index is 0.196. The number of methoxy groups -OCH3 is 1. The largest absolute Gasteiger partial charge is 0.497 e. The van der Waals surface area contributed by atoms with E-state index >= 15 is 0 Å². The van der Waals surface area contributed by atoms with Crippen LogP contribution in [-0.4, -0.2) is 42.5 Å². The van der Waals surface area contributed by atoms with Gasteiger partial charge in [0, 0.05) is 28.9 Å². The molecule has 2 aromatic carbocycles. The number of likely N-dealkylation sites (tertiary alicyclic amines) is 1. The number of fused-ring (bicyclic) bond motifs is 2. The van der Waals surface area contributed by atoms with Crippen LogP contribution in [0.4, 0.5) is 0 Å². The first-order chi connectivity index (χ1) is 16.1. The average molecular weight is 464 g/mol. The number of hydrogen-bond donors (Lipinski definition) is 1. The van der Waals surface area contributed by atoms with Crippen molar-refractivity contribution in [3.63, 3.8) is 0 Å². The number of furan rings is 1. The number of nitrogens with zero attached hydrogens (tertiary/aromatic N) is 2. The number of benzene rings is 2. The molecule has 2 aromatic heterocycles. The van der Waals surface area contributed by atoms with Gasteiger partial charge >= 0.3 is 0 Å². The van der Waals surface area contributed by atoms with Gasteiger partial charge in [-0.2, -0.15) is 0 Å². The lowest BCUT2D eigenvalue weighted by Gasteiger charge is -2.32. The Morgan fingerprint density at radius 2 is 1.91 bits per heavy atom. The quantitative estimate of drug-likeness (QED) is 0.421. The van der Waals surface area contributed by atoms with Crippen LogP contribution in [0.25, 0.3) is 22.0 Å². The molecule has 0 spiro atoms. The van der Waals surface area contributed by atoms with Gasteiger partial charge < -0.3 is 14.5 Å². The molecule has 0 aliphatic carbocycles. The number of ether oxygens (including phenoxy) is 1. The van der Waals surface area contributed by atoms with E-state index < -0.39 is 0 Å². The van der Waals surface area contributed by atoms with Gasteiger partial charge in [0.2, 0.25) is 5.71 Å². The Hall–Kier alpha value is -3.09.